The first kappa shape index (κ1) is 11.5. The van der Waals surface area contributed by atoms with Gasteiger partial charge in [0.15, 0.2) is 9.84 Å². The first-order valence-electron chi connectivity index (χ1n) is 4.43. The van der Waals surface area contributed by atoms with Crippen molar-refractivity contribution in [3.05, 3.63) is 36.4 Å². The van der Waals surface area contributed by atoms with Gasteiger partial charge in [0.2, 0.25) is 0 Å². The molecule has 1 aromatic carbocycles. The summed E-state index contributed by atoms with van der Waals surface area (Å²) in [6, 6.07) is 8.09. The van der Waals surface area contributed by atoms with Gasteiger partial charge in [-0.1, -0.05) is 25.6 Å². The zero-order valence-electron chi connectivity index (χ0n) is 8.40. The predicted octanol–water partition coefficient (Wildman–Crippen LogP) is 2.02. The first-order valence-corrected chi connectivity index (χ1v) is 6.08. The molecular weight excluding hydrogens is 210 g/mol. The lowest BCUT2D eigenvalue weighted by molar-refractivity contribution is 0.597. The van der Waals surface area contributed by atoms with Crippen LogP contribution in [0.15, 0.2) is 35.7 Å². The summed E-state index contributed by atoms with van der Waals surface area (Å²) in [5.74, 6) is 0.0749. The molecule has 0 radical (unpaired) electrons. The molecule has 15 heavy (non-hydrogen) atoms. The molecule has 1 rings (SSSR count). The van der Waals surface area contributed by atoms with Crippen LogP contribution in [0.5, 0.6) is 0 Å². The summed E-state index contributed by atoms with van der Waals surface area (Å²) in [6.45, 7) is 5.14. The first-order chi connectivity index (χ1) is 7.01. The minimum Gasteiger partial charge on any atom is -0.224 e. The number of rotatable bonds is 3. The summed E-state index contributed by atoms with van der Waals surface area (Å²) < 4.78 is 22.9. The standard InChI is InChI=1S/C11H11NO2S/c1-3-15(13,14)11-6-4-10(5-7-11)9(2)8-12/h4-7H,2-3H2,1H3. The van der Waals surface area contributed by atoms with Crippen LogP contribution in [0.4, 0.5) is 0 Å². The maximum absolute atomic E-state index is 11.5. The van der Waals surface area contributed by atoms with Gasteiger partial charge in [0.05, 0.1) is 22.3 Å². The smallest absolute Gasteiger partial charge is 0.178 e. The van der Waals surface area contributed by atoms with Crippen molar-refractivity contribution in [1.82, 2.24) is 0 Å². The Bertz CT molecular complexity index is 507. The van der Waals surface area contributed by atoms with Crippen LogP contribution in [0.1, 0.15) is 12.5 Å². The fourth-order valence-corrected chi connectivity index (χ4v) is 1.98. The molecular formula is C11H11NO2S. The van der Waals surface area contributed by atoms with Gasteiger partial charge in [-0.3, -0.25) is 0 Å². The van der Waals surface area contributed by atoms with Crippen molar-refractivity contribution in [2.24, 2.45) is 0 Å². The fraction of sp³-hybridized carbons (Fsp3) is 0.182. The van der Waals surface area contributed by atoms with E-state index in [1.807, 2.05) is 6.07 Å². The van der Waals surface area contributed by atoms with Crippen LogP contribution in [0, 0.1) is 11.3 Å². The number of hydrogen-bond donors (Lipinski definition) is 0. The van der Waals surface area contributed by atoms with Crippen LogP contribution in [-0.4, -0.2) is 14.2 Å². The summed E-state index contributed by atoms with van der Waals surface area (Å²) in [4.78, 5) is 0.277. The Morgan fingerprint density at radius 1 is 1.40 bits per heavy atom. The molecule has 0 aliphatic heterocycles. The molecule has 4 heteroatoms. The average Bonchev–Trinajstić information content (AvgIpc) is 2.28. The topological polar surface area (TPSA) is 57.9 Å². The molecule has 0 spiro atoms. The van der Waals surface area contributed by atoms with Crippen molar-refractivity contribution < 1.29 is 8.42 Å². The maximum atomic E-state index is 11.5. The molecule has 0 saturated carbocycles. The fourth-order valence-electron chi connectivity index (χ4n) is 1.09. The van der Waals surface area contributed by atoms with Crippen molar-refractivity contribution in [2.45, 2.75) is 11.8 Å². The van der Waals surface area contributed by atoms with Crippen molar-refractivity contribution >= 4 is 15.4 Å². The number of sulfone groups is 1. The van der Waals surface area contributed by atoms with Crippen LogP contribution < -0.4 is 0 Å². The van der Waals surface area contributed by atoms with Gasteiger partial charge in [-0.15, -0.1) is 0 Å². The predicted molar refractivity (Wildman–Crippen MR) is 58.8 cm³/mol. The lowest BCUT2D eigenvalue weighted by Gasteiger charge is -2.02. The highest BCUT2D eigenvalue weighted by Gasteiger charge is 2.10. The van der Waals surface area contributed by atoms with Gasteiger partial charge in [-0.2, -0.15) is 5.26 Å². The van der Waals surface area contributed by atoms with E-state index in [-0.39, 0.29) is 10.6 Å². The van der Waals surface area contributed by atoms with Gasteiger partial charge in [0.1, 0.15) is 0 Å². The van der Waals surface area contributed by atoms with E-state index in [4.69, 9.17) is 5.26 Å². The van der Waals surface area contributed by atoms with E-state index in [0.717, 1.165) is 0 Å². The Kier molecular flexibility index (Phi) is 3.28. The molecule has 0 unspecified atom stereocenters. The van der Waals surface area contributed by atoms with Crippen LogP contribution in [0.2, 0.25) is 0 Å². The number of nitriles is 1. The molecule has 0 atom stereocenters. The third kappa shape index (κ3) is 2.45. The quantitative estimate of drug-likeness (QED) is 0.734. The molecule has 0 aromatic heterocycles. The number of hydrogen-bond acceptors (Lipinski definition) is 3. The molecule has 78 valence electrons. The zero-order valence-corrected chi connectivity index (χ0v) is 9.21. The minimum absolute atomic E-state index is 0.0749. The molecule has 0 aliphatic rings. The number of nitrogens with zero attached hydrogens (tertiary/aromatic N) is 1. The van der Waals surface area contributed by atoms with E-state index in [9.17, 15) is 8.42 Å². The summed E-state index contributed by atoms with van der Waals surface area (Å²) in [5.41, 5.74) is 0.975. The van der Waals surface area contributed by atoms with Crippen LogP contribution in [0.3, 0.4) is 0 Å². The van der Waals surface area contributed by atoms with Crippen molar-refractivity contribution in [3.8, 4) is 6.07 Å². The van der Waals surface area contributed by atoms with Crippen LogP contribution >= 0.6 is 0 Å². The second kappa shape index (κ2) is 4.28. The highest BCUT2D eigenvalue weighted by atomic mass is 32.2. The molecule has 0 amide bonds. The van der Waals surface area contributed by atoms with Crippen molar-refractivity contribution in [1.29, 1.82) is 5.26 Å². The molecule has 0 N–H and O–H groups in total. The number of allylic oxidation sites excluding steroid dienone is 1. The van der Waals surface area contributed by atoms with E-state index < -0.39 is 9.84 Å². The second-order valence-corrected chi connectivity index (χ2v) is 5.30. The van der Waals surface area contributed by atoms with E-state index >= 15 is 0 Å². The van der Waals surface area contributed by atoms with Crippen LogP contribution in [-0.2, 0) is 9.84 Å². The van der Waals surface area contributed by atoms with E-state index in [1.54, 1.807) is 19.1 Å². The normalized spacial score (nSPS) is 10.7. The molecule has 0 bridgehead atoms. The van der Waals surface area contributed by atoms with Crippen molar-refractivity contribution in [3.63, 3.8) is 0 Å². The molecule has 0 heterocycles. The largest absolute Gasteiger partial charge is 0.224 e. The Hall–Kier alpha value is -1.60. The minimum atomic E-state index is -3.16. The zero-order chi connectivity index (χ0) is 11.5. The SMILES string of the molecule is C=C(C#N)c1ccc(S(=O)(=O)CC)cc1. The van der Waals surface area contributed by atoms with Gasteiger partial charge < -0.3 is 0 Å². The highest BCUT2D eigenvalue weighted by Crippen LogP contribution is 2.16. The molecule has 3 nitrogen and oxygen atoms in total. The average molecular weight is 221 g/mol. The second-order valence-electron chi connectivity index (χ2n) is 3.02. The summed E-state index contributed by atoms with van der Waals surface area (Å²) >= 11 is 0. The molecule has 1 aromatic rings. The van der Waals surface area contributed by atoms with E-state index in [0.29, 0.717) is 11.1 Å². The van der Waals surface area contributed by atoms with E-state index in [1.165, 1.54) is 12.1 Å². The third-order valence-corrected chi connectivity index (χ3v) is 3.83. The summed E-state index contributed by atoms with van der Waals surface area (Å²) in [7, 11) is -3.16. The van der Waals surface area contributed by atoms with Gasteiger partial charge in [-0.25, -0.2) is 8.42 Å². The van der Waals surface area contributed by atoms with Gasteiger partial charge in [0.25, 0.3) is 0 Å². The Labute approximate surface area is 89.6 Å². The highest BCUT2D eigenvalue weighted by molar-refractivity contribution is 7.91. The summed E-state index contributed by atoms with van der Waals surface area (Å²) in [6.07, 6.45) is 0. The van der Waals surface area contributed by atoms with Gasteiger partial charge >= 0.3 is 0 Å². The maximum Gasteiger partial charge on any atom is 0.178 e. The molecule has 0 aliphatic carbocycles. The molecule has 0 saturated heterocycles. The lowest BCUT2D eigenvalue weighted by Crippen LogP contribution is -2.03. The molecule has 0 fully saturated rings. The number of benzene rings is 1. The summed E-state index contributed by atoms with van der Waals surface area (Å²) in [5, 5.41) is 8.60. The van der Waals surface area contributed by atoms with Crippen molar-refractivity contribution in [2.75, 3.05) is 5.75 Å². The van der Waals surface area contributed by atoms with Gasteiger partial charge in [0, 0.05) is 0 Å². The monoisotopic (exact) mass is 221 g/mol. The Morgan fingerprint density at radius 3 is 2.33 bits per heavy atom. The van der Waals surface area contributed by atoms with E-state index in [2.05, 4.69) is 6.58 Å². The lowest BCUT2D eigenvalue weighted by atomic mass is 10.1. The van der Waals surface area contributed by atoms with Crippen LogP contribution in [0.25, 0.3) is 5.57 Å². The Balaban J connectivity index is 3.13. The Morgan fingerprint density at radius 2 is 1.93 bits per heavy atom. The van der Waals surface area contributed by atoms with Gasteiger partial charge in [-0.05, 0) is 17.7 Å². The third-order valence-electron chi connectivity index (χ3n) is 2.08.